The molecule has 3 aromatic rings. The van der Waals surface area contributed by atoms with Crippen molar-refractivity contribution in [1.82, 2.24) is 4.57 Å². The zero-order chi connectivity index (χ0) is 18.1. The molecule has 0 spiro atoms. The Hall–Kier alpha value is -3.28. The van der Waals surface area contributed by atoms with E-state index in [4.69, 9.17) is 4.74 Å². The van der Waals surface area contributed by atoms with Crippen LogP contribution in [0.5, 0.6) is 11.5 Å². The van der Waals surface area contributed by atoms with Crippen LogP contribution in [0.2, 0.25) is 0 Å². The summed E-state index contributed by atoms with van der Waals surface area (Å²) in [6.45, 7) is 1.73. The molecule has 0 aliphatic carbocycles. The predicted octanol–water partition coefficient (Wildman–Crippen LogP) is 2.98. The second-order valence-electron chi connectivity index (χ2n) is 5.70. The van der Waals surface area contributed by atoms with E-state index in [9.17, 15) is 19.8 Å². The highest BCUT2D eigenvalue weighted by atomic mass is 16.5. The molecule has 2 aromatic carbocycles. The third kappa shape index (κ3) is 2.94. The SMILES string of the molecule is COc1ccc2c(c1)c(CC(=O)O)c(C)n2C(=O)c1ccc(O)cc1. The Morgan fingerprint density at radius 1 is 1.12 bits per heavy atom. The number of fused-ring (bicyclic) bond motifs is 1. The molecule has 2 N–H and O–H groups in total. The first-order valence-corrected chi connectivity index (χ1v) is 7.66. The van der Waals surface area contributed by atoms with E-state index in [1.54, 1.807) is 25.1 Å². The number of carbonyl (C=O) groups excluding carboxylic acids is 1. The topological polar surface area (TPSA) is 88.8 Å². The molecule has 0 fully saturated rings. The molecule has 0 atom stereocenters. The minimum absolute atomic E-state index is 0.0712. The number of hydrogen-bond acceptors (Lipinski definition) is 4. The molecule has 6 heteroatoms. The lowest BCUT2D eigenvalue weighted by atomic mass is 10.1. The van der Waals surface area contributed by atoms with E-state index in [-0.39, 0.29) is 18.1 Å². The Balaban J connectivity index is 2.23. The summed E-state index contributed by atoms with van der Waals surface area (Å²) < 4.78 is 6.72. The minimum atomic E-state index is -0.970. The van der Waals surface area contributed by atoms with Crippen LogP contribution in [0.3, 0.4) is 0 Å². The van der Waals surface area contributed by atoms with Crippen molar-refractivity contribution in [2.75, 3.05) is 7.11 Å². The number of aromatic hydroxyl groups is 1. The van der Waals surface area contributed by atoms with Gasteiger partial charge in [0.2, 0.25) is 0 Å². The molecule has 0 aliphatic heterocycles. The monoisotopic (exact) mass is 339 g/mol. The number of ether oxygens (including phenoxy) is 1. The highest BCUT2D eigenvalue weighted by Crippen LogP contribution is 2.30. The van der Waals surface area contributed by atoms with Gasteiger partial charge in [-0.2, -0.15) is 0 Å². The summed E-state index contributed by atoms with van der Waals surface area (Å²) in [5.74, 6) is -0.596. The maximum Gasteiger partial charge on any atom is 0.307 e. The van der Waals surface area contributed by atoms with Crippen molar-refractivity contribution in [3.63, 3.8) is 0 Å². The van der Waals surface area contributed by atoms with E-state index in [0.29, 0.717) is 33.5 Å². The number of carboxylic acid groups (broad SMARTS) is 1. The number of rotatable bonds is 4. The molecule has 0 aliphatic rings. The predicted molar refractivity (Wildman–Crippen MR) is 92.4 cm³/mol. The fourth-order valence-corrected chi connectivity index (χ4v) is 2.96. The standard InChI is InChI=1S/C19H17NO5/c1-11-15(10-18(22)23)16-9-14(25-2)7-8-17(16)20(11)19(24)12-3-5-13(21)6-4-12/h3-9,21H,10H2,1-2H3,(H,22,23). The average molecular weight is 339 g/mol. The number of methoxy groups -OCH3 is 1. The van der Waals surface area contributed by atoms with Gasteiger partial charge in [-0.15, -0.1) is 0 Å². The lowest BCUT2D eigenvalue weighted by Gasteiger charge is -2.08. The van der Waals surface area contributed by atoms with Crippen LogP contribution in [0.15, 0.2) is 42.5 Å². The van der Waals surface area contributed by atoms with Crippen LogP contribution in [-0.4, -0.2) is 33.8 Å². The minimum Gasteiger partial charge on any atom is -0.508 e. The number of nitrogens with zero attached hydrogens (tertiary/aromatic N) is 1. The Bertz CT molecular complexity index is 970. The molecule has 1 heterocycles. The Morgan fingerprint density at radius 3 is 2.40 bits per heavy atom. The fourth-order valence-electron chi connectivity index (χ4n) is 2.96. The number of benzene rings is 2. The van der Waals surface area contributed by atoms with Crippen molar-refractivity contribution < 1.29 is 24.5 Å². The van der Waals surface area contributed by atoms with Gasteiger partial charge >= 0.3 is 5.97 Å². The highest BCUT2D eigenvalue weighted by molar-refractivity contribution is 6.05. The summed E-state index contributed by atoms with van der Waals surface area (Å²) in [5, 5.41) is 19.3. The van der Waals surface area contributed by atoms with Gasteiger partial charge in [0.1, 0.15) is 11.5 Å². The first-order chi connectivity index (χ1) is 11.9. The molecule has 0 saturated heterocycles. The fraction of sp³-hybridized carbons (Fsp3) is 0.158. The van der Waals surface area contributed by atoms with E-state index < -0.39 is 5.97 Å². The first-order valence-electron chi connectivity index (χ1n) is 7.66. The smallest absolute Gasteiger partial charge is 0.307 e. The van der Waals surface area contributed by atoms with E-state index >= 15 is 0 Å². The number of phenols is 1. The summed E-state index contributed by atoms with van der Waals surface area (Å²) >= 11 is 0. The summed E-state index contributed by atoms with van der Waals surface area (Å²) in [6.07, 6.45) is -0.189. The second-order valence-corrected chi connectivity index (χ2v) is 5.70. The van der Waals surface area contributed by atoms with Crippen LogP contribution in [0.1, 0.15) is 21.6 Å². The summed E-state index contributed by atoms with van der Waals surface area (Å²) in [4.78, 5) is 24.2. The van der Waals surface area contributed by atoms with Crippen molar-refractivity contribution in [2.24, 2.45) is 0 Å². The van der Waals surface area contributed by atoms with E-state index in [1.807, 2.05) is 0 Å². The number of carboxylic acids is 1. The molecule has 0 bridgehead atoms. The van der Waals surface area contributed by atoms with Gasteiger partial charge in [-0.1, -0.05) is 0 Å². The third-order valence-electron chi connectivity index (χ3n) is 4.19. The molecule has 0 radical (unpaired) electrons. The molecular formula is C19H17NO5. The molecule has 128 valence electrons. The molecule has 3 rings (SSSR count). The summed E-state index contributed by atoms with van der Waals surface area (Å²) in [7, 11) is 1.53. The van der Waals surface area contributed by atoms with Crippen molar-refractivity contribution in [3.05, 3.63) is 59.3 Å². The maximum atomic E-state index is 12.9. The van der Waals surface area contributed by atoms with Gasteiger partial charge in [0.15, 0.2) is 0 Å². The number of hydrogen-bond donors (Lipinski definition) is 2. The van der Waals surface area contributed by atoms with Gasteiger partial charge in [0, 0.05) is 16.6 Å². The quantitative estimate of drug-likeness (QED) is 0.763. The average Bonchev–Trinajstić information content (AvgIpc) is 2.86. The molecule has 0 unspecified atom stereocenters. The van der Waals surface area contributed by atoms with E-state index in [1.165, 1.54) is 35.9 Å². The maximum absolute atomic E-state index is 12.9. The van der Waals surface area contributed by atoms with E-state index in [0.717, 1.165) is 0 Å². The Labute approximate surface area is 143 Å². The van der Waals surface area contributed by atoms with Crippen LogP contribution in [0, 0.1) is 6.92 Å². The van der Waals surface area contributed by atoms with Crippen molar-refractivity contribution in [2.45, 2.75) is 13.3 Å². The van der Waals surface area contributed by atoms with Gasteiger partial charge in [0.25, 0.3) is 5.91 Å². The van der Waals surface area contributed by atoms with Crippen molar-refractivity contribution in [1.29, 1.82) is 0 Å². The first kappa shape index (κ1) is 16.6. The molecule has 1 aromatic heterocycles. The third-order valence-corrected chi connectivity index (χ3v) is 4.19. The highest BCUT2D eigenvalue weighted by Gasteiger charge is 2.21. The summed E-state index contributed by atoms with van der Waals surface area (Å²) in [6, 6.07) is 11.1. The zero-order valence-electron chi connectivity index (χ0n) is 13.8. The van der Waals surface area contributed by atoms with Gasteiger partial charge in [-0.05, 0) is 55.0 Å². The van der Waals surface area contributed by atoms with Crippen molar-refractivity contribution >= 4 is 22.8 Å². The Morgan fingerprint density at radius 2 is 1.80 bits per heavy atom. The van der Waals surface area contributed by atoms with Gasteiger partial charge in [-0.25, -0.2) is 0 Å². The normalized spacial score (nSPS) is 10.8. The van der Waals surface area contributed by atoms with Gasteiger partial charge in [-0.3, -0.25) is 14.2 Å². The van der Waals surface area contributed by atoms with Crippen LogP contribution in [0.25, 0.3) is 10.9 Å². The van der Waals surface area contributed by atoms with Crippen LogP contribution >= 0.6 is 0 Å². The number of aromatic nitrogens is 1. The lowest BCUT2D eigenvalue weighted by Crippen LogP contribution is -2.14. The second kappa shape index (κ2) is 6.32. The number of aliphatic carboxylic acids is 1. The molecule has 25 heavy (non-hydrogen) atoms. The zero-order valence-corrected chi connectivity index (χ0v) is 13.8. The lowest BCUT2D eigenvalue weighted by molar-refractivity contribution is -0.136. The van der Waals surface area contributed by atoms with Crippen LogP contribution < -0.4 is 4.74 Å². The molecular weight excluding hydrogens is 322 g/mol. The van der Waals surface area contributed by atoms with Crippen molar-refractivity contribution in [3.8, 4) is 11.5 Å². The van der Waals surface area contributed by atoms with Crippen LogP contribution in [0.4, 0.5) is 0 Å². The van der Waals surface area contributed by atoms with Gasteiger partial charge < -0.3 is 14.9 Å². The number of carbonyl (C=O) groups is 2. The molecule has 6 nitrogen and oxygen atoms in total. The van der Waals surface area contributed by atoms with Crippen LogP contribution in [-0.2, 0) is 11.2 Å². The number of phenolic OH excluding ortho intramolecular Hbond substituents is 1. The largest absolute Gasteiger partial charge is 0.508 e. The Kier molecular flexibility index (Phi) is 4.19. The van der Waals surface area contributed by atoms with E-state index in [2.05, 4.69) is 0 Å². The van der Waals surface area contributed by atoms with Gasteiger partial charge in [0.05, 0.1) is 19.0 Å². The molecule has 0 saturated carbocycles. The molecule has 0 amide bonds. The summed E-state index contributed by atoms with van der Waals surface area (Å²) in [5.41, 5.74) is 2.17.